The number of rotatable bonds is 3. The molecule has 1 heterocycles. The van der Waals surface area contributed by atoms with Crippen LogP contribution in [0.3, 0.4) is 0 Å². The van der Waals surface area contributed by atoms with Gasteiger partial charge in [0.25, 0.3) is 0 Å². The van der Waals surface area contributed by atoms with Crippen molar-refractivity contribution in [2.45, 2.75) is 27.2 Å². The van der Waals surface area contributed by atoms with E-state index in [1.54, 1.807) is 6.07 Å². The molecule has 24 heavy (non-hydrogen) atoms. The Kier molecular flexibility index (Phi) is 4.42. The van der Waals surface area contributed by atoms with Crippen molar-refractivity contribution < 1.29 is 4.52 Å². The normalized spacial score (nSPS) is 10.6. The molecule has 0 saturated carbocycles. The van der Waals surface area contributed by atoms with E-state index >= 15 is 0 Å². The molecule has 0 aliphatic rings. The van der Waals surface area contributed by atoms with Gasteiger partial charge in [-0.25, -0.2) is 4.85 Å². The quantitative estimate of drug-likeness (QED) is 0.544. The molecule has 2 aromatic carbocycles. The summed E-state index contributed by atoms with van der Waals surface area (Å²) in [7, 11) is 0. The Morgan fingerprint density at radius 2 is 1.92 bits per heavy atom. The molecule has 0 aliphatic heterocycles. The Morgan fingerprint density at radius 1 is 1.12 bits per heavy atom. The number of hydrogen-bond donors (Lipinski definition) is 0. The molecular weight excluding hydrogens is 320 g/mol. The van der Waals surface area contributed by atoms with E-state index in [0.29, 0.717) is 10.7 Å². The van der Waals surface area contributed by atoms with Gasteiger partial charge in [0.2, 0.25) is 5.69 Å². The molecule has 120 valence electrons. The van der Waals surface area contributed by atoms with Crippen molar-refractivity contribution in [1.82, 2.24) is 5.16 Å². The van der Waals surface area contributed by atoms with Gasteiger partial charge in [-0.05, 0) is 49.4 Å². The smallest absolute Gasteiger partial charge is 0.205 e. The van der Waals surface area contributed by atoms with E-state index in [2.05, 4.69) is 35.1 Å². The number of aryl methyl sites for hydroxylation is 3. The number of halogens is 1. The largest absolute Gasteiger partial charge is 0.361 e. The van der Waals surface area contributed by atoms with Crippen molar-refractivity contribution in [2.75, 3.05) is 0 Å². The van der Waals surface area contributed by atoms with Crippen molar-refractivity contribution in [3.8, 4) is 11.1 Å². The number of hydrogen-bond acceptors (Lipinski definition) is 2. The fourth-order valence-corrected chi connectivity index (χ4v) is 3.13. The Labute approximate surface area is 146 Å². The fraction of sp³-hybridized carbons (Fsp3) is 0.200. The second-order valence-corrected chi connectivity index (χ2v) is 6.32. The van der Waals surface area contributed by atoms with Crippen LogP contribution in [0, 0.1) is 27.3 Å². The average Bonchev–Trinajstić information content (AvgIpc) is 2.89. The van der Waals surface area contributed by atoms with Crippen LogP contribution in [0.4, 0.5) is 5.69 Å². The Bertz CT molecular complexity index is 931. The molecular formula is C20H17ClN2O. The minimum atomic E-state index is 0.488. The predicted octanol–water partition coefficient (Wildman–Crippen LogP) is 6.06. The van der Waals surface area contributed by atoms with Gasteiger partial charge in [-0.15, -0.1) is 0 Å². The first-order valence-corrected chi connectivity index (χ1v) is 8.06. The number of benzene rings is 2. The molecule has 1 aromatic heterocycles. The summed E-state index contributed by atoms with van der Waals surface area (Å²) in [5.74, 6) is 0.826. The van der Waals surface area contributed by atoms with Crippen molar-refractivity contribution in [3.05, 3.63) is 81.0 Å². The van der Waals surface area contributed by atoms with Crippen LogP contribution in [0.2, 0.25) is 5.02 Å². The number of aromatic nitrogens is 1. The lowest BCUT2D eigenvalue weighted by molar-refractivity contribution is 0.393. The minimum Gasteiger partial charge on any atom is -0.361 e. The first-order chi connectivity index (χ1) is 11.5. The summed E-state index contributed by atoms with van der Waals surface area (Å²) >= 11 is 6.16. The van der Waals surface area contributed by atoms with Gasteiger partial charge in [0.15, 0.2) is 0 Å². The van der Waals surface area contributed by atoms with Gasteiger partial charge < -0.3 is 4.52 Å². The van der Waals surface area contributed by atoms with E-state index in [-0.39, 0.29) is 0 Å². The Balaban J connectivity index is 1.99. The molecule has 0 spiro atoms. The maximum Gasteiger partial charge on any atom is 0.205 e. The van der Waals surface area contributed by atoms with E-state index in [1.807, 2.05) is 26.0 Å². The molecule has 0 unspecified atom stereocenters. The van der Waals surface area contributed by atoms with Gasteiger partial charge in [-0.1, -0.05) is 53.2 Å². The third kappa shape index (κ3) is 3.06. The van der Waals surface area contributed by atoms with E-state index in [9.17, 15) is 0 Å². The summed E-state index contributed by atoms with van der Waals surface area (Å²) in [6.07, 6.45) is 0.765. The molecule has 0 aliphatic carbocycles. The van der Waals surface area contributed by atoms with Crippen LogP contribution in [0.5, 0.6) is 0 Å². The van der Waals surface area contributed by atoms with Crippen LogP contribution >= 0.6 is 11.6 Å². The lowest BCUT2D eigenvalue weighted by Gasteiger charge is -2.10. The highest BCUT2D eigenvalue weighted by atomic mass is 35.5. The first-order valence-electron chi connectivity index (χ1n) is 7.68. The SMILES string of the molecule is [C-]#[N+]c1ccc(Cc2cc(-c3c(C)noc3C)ccc2C)cc1Cl. The molecule has 0 amide bonds. The number of nitrogens with zero attached hydrogens (tertiary/aromatic N) is 2. The molecule has 0 atom stereocenters. The van der Waals surface area contributed by atoms with Gasteiger partial charge >= 0.3 is 0 Å². The molecule has 0 fully saturated rings. The zero-order chi connectivity index (χ0) is 17.3. The first kappa shape index (κ1) is 16.3. The highest BCUT2D eigenvalue weighted by Crippen LogP contribution is 2.31. The second-order valence-electron chi connectivity index (χ2n) is 5.91. The van der Waals surface area contributed by atoms with Crippen LogP contribution in [0.25, 0.3) is 16.0 Å². The molecule has 4 heteroatoms. The lowest BCUT2D eigenvalue weighted by Crippen LogP contribution is -1.94. The standard InChI is InChI=1S/C20H17ClN2O/c1-12-5-7-16(20-13(2)23-24-14(20)3)11-17(12)9-15-6-8-19(22-4)18(21)10-15/h5-8,10-11H,9H2,1-3H3. The summed E-state index contributed by atoms with van der Waals surface area (Å²) in [5, 5.41) is 4.54. The monoisotopic (exact) mass is 336 g/mol. The van der Waals surface area contributed by atoms with E-state index in [0.717, 1.165) is 34.6 Å². The van der Waals surface area contributed by atoms with Crippen molar-refractivity contribution in [1.29, 1.82) is 0 Å². The minimum absolute atomic E-state index is 0.488. The van der Waals surface area contributed by atoms with E-state index in [1.165, 1.54) is 11.1 Å². The highest BCUT2D eigenvalue weighted by Gasteiger charge is 2.13. The van der Waals surface area contributed by atoms with Gasteiger partial charge in [0, 0.05) is 10.6 Å². The van der Waals surface area contributed by atoms with Gasteiger partial charge in [-0.3, -0.25) is 0 Å². The maximum atomic E-state index is 7.08. The lowest BCUT2D eigenvalue weighted by atomic mass is 9.95. The van der Waals surface area contributed by atoms with E-state index < -0.39 is 0 Å². The van der Waals surface area contributed by atoms with Crippen LogP contribution in [-0.4, -0.2) is 5.16 Å². The summed E-state index contributed by atoms with van der Waals surface area (Å²) in [4.78, 5) is 3.40. The summed E-state index contributed by atoms with van der Waals surface area (Å²) in [6, 6.07) is 12.0. The van der Waals surface area contributed by atoms with Gasteiger partial charge in [0.05, 0.1) is 12.3 Å². The molecule has 0 radical (unpaired) electrons. The molecule has 3 rings (SSSR count). The Morgan fingerprint density at radius 3 is 2.54 bits per heavy atom. The third-order valence-electron chi connectivity index (χ3n) is 4.20. The van der Waals surface area contributed by atoms with Crippen LogP contribution in [0.15, 0.2) is 40.9 Å². The molecule has 3 aromatic rings. The fourth-order valence-electron chi connectivity index (χ4n) is 2.88. The predicted molar refractivity (Wildman–Crippen MR) is 96.7 cm³/mol. The zero-order valence-electron chi connectivity index (χ0n) is 13.9. The van der Waals surface area contributed by atoms with Crippen molar-refractivity contribution in [3.63, 3.8) is 0 Å². The summed E-state index contributed by atoms with van der Waals surface area (Å²) in [6.45, 7) is 13.1. The molecule has 0 saturated heterocycles. The Hall–Kier alpha value is -2.57. The van der Waals surface area contributed by atoms with Crippen LogP contribution in [0.1, 0.15) is 28.1 Å². The molecule has 3 nitrogen and oxygen atoms in total. The maximum absolute atomic E-state index is 7.08. The molecule has 0 N–H and O–H groups in total. The second kappa shape index (κ2) is 6.51. The van der Waals surface area contributed by atoms with E-state index in [4.69, 9.17) is 22.7 Å². The summed E-state index contributed by atoms with van der Waals surface area (Å²) in [5.41, 5.74) is 7.07. The molecule has 0 bridgehead atoms. The zero-order valence-corrected chi connectivity index (χ0v) is 14.6. The van der Waals surface area contributed by atoms with Gasteiger partial charge in [-0.2, -0.15) is 0 Å². The third-order valence-corrected chi connectivity index (χ3v) is 4.50. The van der Waals surface area contributed by atoms with Crippen molar-refractivity contribution in [2.24, 2.45) is 0 Å². The highest BCUT2D eigenvalue weighted by molar-refractivity contribution is 6.33. The van der Waals surface area contributed by atoms with Gasteiger partial charge in [0.1, 0.15) is 5.76 Å². The van der Waals surface area contributed by atoms with Crippen LogP contribution < -0.4 is 0 Å². The van der Waals surface area contributed by atoms with Crippen molar-refractivity contribution >= 4 is 17.3 Å². The average molecular weight is 337 g/mol. The summed E-state index contributed by atoms with van der Waals surface area (Å²) < 4.78 is 5.28. The topological polar surface area (TPSA) is 30.4 Å². The van der Waals surface area contributed by atoms with Crippen LogP contribution in [-0.2, 0) is 6.42 Å².